The number of hydrogen-bond acceptors (Lipinski definition) is 1. The zero-order chi connectivity index (χ0) is 7.82. The van der Waals surface area contributed by atoms with Crippen molar-refractivity contribution in [3.8, 4) is 12.3 Å². The van der Waals surface area contributed by atoms with Crippen molar-refractivity contribution in [3.63, 3.8) is 0 Å². The maximum absolute atomic E-state index is 5.13. The lowest BCUT2D eigenvalue weighted by atomic mass is 10.2. The lowest BCUT2D eigenvalue weighted by molar-refractivity contribution is 0.751. The number of unbranched alkanes of at least 4 members (excludes halogenated alkanes) is 1. The zero-order valence-corrected chi connectivity index (χ0v) is 7.71. The average Bonchev–Trinajstić information content (AvgIpc) is 1.89. The summed E-state index contributed by atoms with van der Waals surface area (Å²) >= 11 is 2.01. The summed E-state index contributed by atoms with van der Waals surface area (Å²) < 4.78 is 0. The Bertz CT molecular complexity index is 102. The van der Waals surface area contributed by atoms with Gasteiger partial charge >= 0.3 is 0 Å². The van der Waals surface area contributed by atoms with Crippen molar-refractivity contribution in [3.05, 3.63) is 0 Å². The summed E-state index contributed by atoms with van der Waals surface area (Å²) in [5.74, 6) is 3.88. The summed E-state index contributed by atoms with van der Waals surface area (Å²) in [4.78, 5) is 0. The molecule has 0 spiro atoms. The summed E-state index contributed by atoms with van der Waals surface area (Å²) in [6, 6.07) is 0. The van der Waals surface area contributed by atoms with E-state index in [0.717, 1.165) is 11.7 Å². The fourth-order valence-electron chi connectivity index (χ4n) is 0.859. The van der Waals surface area contributed by atoms with Crippen LogP contribution in [0.2, 0.25) is 0 Å². The van der Waals surface area contributed by atoms with E-state index in [9.17, 15) is 0 Å². The van der Waals surface area contributed by atoms with Gasteiger partial charge in [-0.15, -0.1) is 12.3 Å². The molecule has 1 atom stereocenters. The lowest BCUT2D eigenvalue weighted by Gasteiger charge is -2.06. The maximum Gasteiger partial charge on any atom is 0.00864 e. The molecule has 1 heteroatoms. The van der Waals surface area contributed by atoms with E-state index in [2.05, 4.69) is 19.8 Å². The number of terminal acetylenes is 1. The Labute approximate surface area is 68.8 Å². The van der Waals surface area contributed by atoms with E-state index in [0.29, 0.717) is 0 Å². The van der Waals surface area contributed by atoms with Crippen LogP contribution in [-0.4, -0.2) is 11.0 Å². The topological polar surface area (TPSA) is 0 Å². The van der Waals surface area contributed by atoms with Crippen molar-refractivity contribution < 1.29 is 0 Å². The Morgan fingerprint density at radius 2 is 2.30 bits per heavy atom. The number of thioether (sulfide) groups is 1. The van der Waals surface area contributed by atoms with Gasteiger partial charge in [-0.3, -0.25) is 0 Å². The van der Waals surface area contributed by atoms with Gasteiger partial charge in [-0.1, -0.05) is 13.8 Å². The first kappa shape index (κ1) is 9.91. The van der Waals surface area contributed by atoms with Crippen LogP contribution in [-0.2, 0) is 0 Å². The van der Waals surface area contributed by atoms with Crippen LogP contribution in [0.1, 0.15) is 33.1 Å². The Hall–Kier alpha value is -0.0900. The summed E-state index contributed by atoms with van der Waals surface area (Å²) in [7, 11) is 0. The molecule has 0 bridgehead atoms. The second-order valence-electron chi connectivity index (χ2n) is 2.36. The molecule has 0 saturated carbocycles. The molecule has 0 aliphatic carbocycles. The van der Waals surface area contributed by atoms with Crippen LogP contribution in [0.3, 0.4) is 0 Å². The van der Waals surface area contributed by atoms with Crippen molar-refractivity contribution in [1.29, 1.82) is 0 Å². The van der Waals surface area contributed by atoms with Crippen LogP contribution in [0.25, 0.3) is 0 Å². The fraction of sp³-hybridized carbons (Fsp3) is 0.778. The molecule has 0 saturated heterocycles. The van der Waals surface area contributed by atoms with Crippen molar-refractivity contribution >= 4 is 11.8 Å². The van der Waals surface area contributed by atoms with E-state index in [1.165, 1.54) is 18.6 Å². The van der Waals surface area contributed by atoms with Crippen LogP contribution < -0.4 is 0 Å². The van der Waals surface area contributed by atoms with Crippen molar-refractivity contribution in [2.24, 2.45) is 0 Å². The molecule has 0 fully saturated rings. The molecular formula is C9H16S. The first-order chi connectivity index (χ1) is 4.81. The summed E-state index contributed by atoms with van der Waals surface area (Å²) in [5, 5.41) is 0.790. The molecule has 0 nitrogen and oxygen atoms in total. The van der Waals surface area contributed by atoms with E-state index in [1.54, 1.807) is 0 Å². The van der Waals surface area contributed by atoms with E-state index in [1.807, 2.05) is 11.8 Å². The predicted octanol–water partition coefficient (Wildman–Crippen LogP) is 2.93. The van der Waals surface area contributed by atoms with Gasteiger partial charge in [0, 0.05) is 11.7 Å². The molecule has 0 amide bonds. The highest BCUT2D eigenvalue weighted by atomic mass is 32.2. The Morgan fingerprint density at radius 1 is 1.60 bits per heavy atom. The fourth-order valence-corrected chi connectivity index (χ4v) is 1.76. The maximum atomic E-state index is 5.13. The van der Waals surface area contributed by atoms with Crippen LogP contribution in [0.15, 0.2) is 0 Å². The first-order valence-corrected chi connectivity index (χ1v) is 4.91. The largest absolute Gasteiger partial charge is 0.159 e. The van der Waals surface area contributed by atoms with Gasteiger partial charge in [-0.05, 0) is 18.6 Å². The SMILES string of the molecule is C#CCCCC(C)SCC. The molecule has 0 aromatic heterocycles. The normalized spacial score (nSPS) is 12.5. The number of hydrogen-bond donors (Lipinski definition) is 0. The van der Waals surface area contributed by atoms with E-state index in [4.69, 9.17) is 6.42 Å². The van der Waals surface area contributed by atoms with Gasteiger partial charge in [0.15, 0.2) is 0 Å². The molecule has 0 rings (SSSR count). The highest BCUT2D eigenvalue weighted by molar-refractivity contribution is 7.99. The quantitative estimate of drug-likeness (QED) is 0.435. The summed E-state index contributed by atoms with van der Waals surface area (Å²) in [6.07, 6.45) is 8.52. The minimum Gasteiger partial charge on any atom is -0.159 e. The third kappa shape index (κ3) is 6.04. The zero-order valence-electron chi connectivity index (χ0n) is 6.89. The van der Waals surface area contributed by atoms with Gasteiger partial charge in [0.05, 0.1) is 0 Å². The molecule has 0 aromatic rings. The Balaban J connectivity index is 3.06. The molecule has 0 heterocycles. The van der Waals surface area contributed by atoms with Gasteiger partial charge in [-0.25, -0.2) is 0 Å². The smallest absolute Gasteiger partial charge is 0.00864 e. The standard InChI is InChI=1S/C9H16S/c1-4-6-7-8-9(3)10-5-2/h1,9H,5-8H2,2-3H3. The van der Waals surface area contributed by atoms with E-state index < -0.39 is 0 Å². The minimum absolute atomic E-state index is 0.790. The van der Waals surface area contributed by atoms with Crippen LogP contribution >= 0.6 is 11.8 Å². The molecule has 0 aliphatic rings. The van der Waals surface area contributed by atoms with Gasteiger partial charge in [-0.2, -0.15) is 11.8 Å². The molecule has 58 valence electrons. The molecule has 10 heavy (non-hydrogen) atoms. The molecule has 0 N–H and O–H groups in total. The molecular weight excluding hydrogens is 140 g/mol. The highest BCUT2D eigenvalue weighted by Crippen LogP contribution is 2.15. The third-order valence-corrected chi connectivity index (χ3v) is 2.52. The molecule has 0 radical (unpaired) electrons. The van der Waals surface area contributed by atoms with Gasteiger partial charge in [0.1, 0.15) is 0 Å². The Morgan fingerprint density at radius 3 is 2.80 bits per heavy atom. The van der Waals surface area contributed by atoms with E-state index in [-0.39, 0.29) is 0 Å². The average molecular weight is 156 g/mol. The second-order valence-corrected chi connectivity index (χ2v) is 4.08. The van der Waals surface area contributed by atoms with Crippen LogP contribution in [0.4, 0.5) is 0 Å². The van der Waals surface area contributed by atoms with Crippen LogP contribution in [0, 0.1) is 12.3 Å². The van der Waals surface area contributed by atoms with Crippen molar-refractivity contribution in [2.45, 2.75) is 38.4 Å². The summed E-state index contributed by atoms with van der Waals surface area (Å²) in [6.45, 7) is 4.47. The molecule has 0 aromatic carbocycles. The molecule has 1 unspecified atom stereocenters. The van der Waals surface area contributed by atoms with Gasteiger partial charge in [0.25, 0.3) is 0 Å². The van der Waals surface area contributed by atoms with E-state index >= 15 is 0 Å². The first-order valence-electron chi connectivity index (χ1n) is 3.86. The monoisotopic (exact) mass is 156 g/mol. The van der Waals surface area contributed by atoms with Crippen molar-refractivity contribution in [1.82, 2.24) is 0 Å². The summed E-state index contributed by atoms with van der Waals surface area (Å²) in [5.41, 5.74) is 0. The second kappa shape index (κ2) is 7.02. The van der Waals surface area contributed by atoms with Gasteiger partial charge in [0.2, 0.25) is 0 Å². The third-order valence-electron chi connectivity index (χ3n) is 1.38. The Kier molecular flexibility index (Phi) is 6.96. The van der Waals surface area contributed by atoms with Crippen LogP contribution in [0.5, 0.6) is 0 Å². The van der Waals surface area contributed by atoms with Gasteiger partial charge < -0.3 is 0 Å². The van der Waals surface area contributed by atoms with Crippen molar-refractivity contribution in [2.75, 3.05) is 5.75 Å². The highest BCUT2D eigenvalue weighted by Gasteiger charge is 1.98. The molecule has 0 aliphatic heterocycles. The minimum atomic E-state index is 0.790. The predicted molar refractivity (Wildman–Crippen MR) is 50.3 cm³/mol. The number of rotatable bonds is 5. The lowest BCUT2D eigenvalue weighted by Crippen LogP contribution is -1.95.